The number of aromatic nitrogens is 4. The summed E-state index contributed by atoms with van der Waals surface area (Å²) < 4.78 is 2.17. The number of allylic oxidation sites excluding steroid dienone is 4. The monoisotopic (exact) mass is 731 g/mol. The molecule has 2 aromatic heterocycles. The Morgan fingerprint density at radius 3 is 1.72 bits per heavy atom. The first-order chi connectivity index (χ1) is 28.2. The third-order valence-electron chi connectivity index (χ3n) is 10.6. The summed E-state index contributed by atoms with van der Waals surface area (Å²) in [7, 11) is 0. The van der Waals surface area contributed by atoms with E-state index in [4.69, 9.17) is 15.0 Å². The number of fused-ring (bicyclic) bond motifs is 4. The molecule has 0 aliphatic carbocycles. The predicted molar refractivity (Wildman–Crippen MR) is 237 cm³/mol. The molecule has 1 aliphatic heterocycles. The fourth-order valence-electron chi connectivity index (χ4n) is 7.79. The van der Waals surface area contributed by atoms with Crippen molar-refractivity contribution in [2.75, 3.05) is 11.4 Å². The lowest BCUT2D eigenvalue weighted by Gasteiger charge is -2.27. The number of nitrogens with zero attached hydrogens (tertiary/aromatic N) is 5. The molecular formula is C52H37N5. The molecule has 10 rings (SSSR count). The van der Waals surface area contributed by atoms with Crippen LogP contribution in [0.1, 0.15) is 5.56 Å². The summed E-state index contributed by atoms with van der Waals surface area (Å²) in [5.74, 6) is 1.83. The minimum Gasteiger partial charge on any atom is -0.337 e. The minimum absolute atomic E-state index is 0.576. The van der Waals surface area contributed by atoms with Crippen LogP contribution in [0.25, 0.3) is 78.4 Å². The summed E-state index contributed by atoms with van der Waals surface area (Å²) >= 11 is 0. The van der Waals surface area contributed by atoms with Crippen molar-refractivity contribution in [1.82, 2.24) is 19.5 Å². The highest BCUT2D eigenvalue weighted by Crippen LogP contribution is 2.39. The molecule has 0 amide bonds. The third-order valence-corrected chi connectivity index (χ3v) is 10.6. The molecule has 0 fully saturated rings. The van der Waals surface area contributed by atoms with Crippen molar-refractivity contribution in [3.05, 3.63) is 212 Å². The van der Waals surface area contributed by atoms with Gasteiger partial charge in [-0.2, -0.15) is 9.97 Å². The van der Waals surface area contributed by atoms with Crippen LogP contribution in [0.15, 0.2) is 207 Å². The molecular weight excluding hydrogens is 695 g/mol. The molecule has 0 saturated carbocycles. The van der Waals surface area contributed by atoms with Crippen molar-refractivity contribution < 1.29 is 0 Å². The molecule has 57 heavy (non-hydrogen) atoms. The smallest absolute Gasteiger partial charge is 0.238 e. The van der Waals surface area contributed by atoms with E-state index in [-0.39, 0.29) is 0 Å². The van der Waals surface area contributed by atoms with Gasteiger partial charge < -0.3 is 4.90 Å². The summed E-state index contributed by atoms with van der Waals surface area (Å²) in [5, 5.41) is 2.25. The molecule has 9 aromatic rings. The van der Waals surface area contributed by atoms with Crippen LogP contribution in [0.3, 0.4) is 0 Å². The van der Waals surface area contributed by atoms with E-state index >= 15 is 0 Å². The number of hydrogen-bond donors (Lipinski definition) is 0. The van der Waals surface area contributed by atoms with E-state index in [1.165, 1.54) is 11.1 Å². The summed E-state index contributed by atoms with van der Waals surface area (Å²) in [4.78, 5) is 17.5. The van der Waals surface area contributed by atoms with Gasteiger partial charge >= 0.3 is 0 Å². The number of hydrogen-bond acceptors (Lipinski definition) is 4. The molecule has 0 spiro atoms. The molecule has 1 aliphatic rings. The van der Waals surface area contributed by atoms with Crippen molar-refractivity contribution in [3.63, 3.8) is 0 Å². The zero-order chi connectivity index (χ0) is 38.1. The van der Waals surface area contributed by atoms with E-state index in [1.807, 2.05) is 60.7 Å². The van der Waals surface area contributed by atoms with E-state index in [2.05, 4.69) is 156 Å². The van der Waals surface area contributed by atoms with Crippen LogP contribution in [0.2, 0.25) is 0 Å². The predicted octanol–water partition coefficient (Wildman–Crippen LogP) is 12.9. The lowest BCUT2D eigenvalue weighted by molar-refractivity contribution is 0.953. The van der Waals surface area contributed by atoms with Gasteiger partial charge in [0, 0.05) is 45.4 Å². The van der Waals surface area contributed by atoms with Gasteiger partial charge in [0.1, 0.15) is 0 Å². The first-order valence-electron chi connectivity index (χ1n) is 19.2. The summed E-state index contributed by atoms with van der Waals surface area (Å²) in [6.07, 6.45) is 8.47. The van der Waals surface area contributed by atoms with Gasteiger partial charge in [-0.15, -0.1) is 0 Å². The Labute approximate surface area is 331 Å². The van der Waals surface area contributed by atoms with Gasteiger partial charge in [0.25, 0.3) is 0 Å². The van der Waals surface area contributed by atoms with Crippen LogP contribution in [-0.2, 0) is 0 Å². The van der Waals surface area contributed by atoms with Crippen molar-refractivity contribution in [3.8, 4) is 51.0 Å². The molecule has 3 heterocycles. The fourth-order valence-corrected chi connectivity index (χ4v) is 7.79. The van der Waals surface area contributed by atoms with Gasteiger partial charge in [0.15, 0.2) is 11.6 Å². The highest BCUT2D eigenvalue weighted by molar-refractivity contribution is 6.10. The molecule has 5 heteroatoms. The topological polar surface area (TPSA) is 46.8 Å². The number of benzene rings is 7. The largest absolute Gasteiger partial charge is 0.337 e. The number of rotatable bonds is 6. The number of anilines is 2. The van der Waals surface area contributed by atoms with Crippen LogP contribution < -0.4 is 4.90 Å². The van der Waals surface area contributed by atoms with Gasteiger partial charge in [-0.25, -0.2) is 4.98 Å². The number of para-hydroxylation sites is 1. The zero-order valence-electron chi connectivity index (χ0n) is 31.2. The van der Waals surface area contributed by atoms with Gasteiger partial charge in [0.05, 0.1) is 11.0 Å². The van der Waals surface area contributed by atoms with Crippen molar-refractivity contribution in [2.45, 2.75) is 0 Å². The van der Waals surface area contributed by atoms with Gasteiger partial charge in [-0.3, -0.25) is 4.57 Å². The summed E-state index contributed by atoms with van der Waals surface area (Å²) in [6, 6.07) is 61.5. The van der Waals surface area contributed by atoms with E-state index in [1.54, 1.807) is 0 Å². The molecule has 0 saturated heterocycles. The molecule has 0 radical (unpaired) electrons. The van der Waals surface area contributed by atoms with E-state index in [9.17, 15) is 0 Å². The van der Waals surface area contributed by atoms with Crippen LogP contribution in [0.5, 0.6) is 0 Å². The van der Waals surface area contributed by atoms with Gasteiger partial charge in [-0.1, -0.05) is 164 Å². The molecule has 270 valence electrons. The van der Waals surface area contributed by atoms with Crippen LogP contribution in [0.4, 0.5) is 11.4 Å². The Kier molecular flexibility index (Phi) is 8.65. The quantitative estimate of drug-likeness (QED) is 0.171. The summed E-state index contributed by atoms with van der Waals surface area (Å²) in [5.41, 5.74) is 12.9. The highest BCUT2D eigenvalue weighted by atomic mass is 15.2. The Balaban J connectivity index is 1.09. The molecule has 0 unspecified atom stereocenters. The standard InChI is InChI=1S/C52H37N5/c1-36-16-6-5-15-33-56(43-29-25-38(26-30-43)37-17-7-2-8-18-37)47-31-27-41(34-45(36)47)42-28-32-49-46(35-42)44-23-13-14-24-48(44)57(49)52-54-50(39-19-9-3-10-20-39)53-51(55-52)40-21-11-4-12-22-40/h2-32,34-35H,1,33H2/b15-5-,16-6-. The highest BCUT2D eigenvalue weighted by Gasteiger charge is 2.20. The molecule has 0 bridgehead atoms. The van der Waals surface area contributed by atoms with Gasteiger partial charge in [0.2, 0.25) is 5.95 Å². The first-order valence-corrected chi connectivity index (χ1v) is 19.2. The average molecular weight is 732 g/mol. The zero-order valence-corrected chi connectivity index (χ0v) is 31.2. The minimum atomic E-state index is 0.576. The molecule has 0 atom stereocenters. The lowest BCUT2D eigenvalue weighted by Crippen LogP contribution is -2.18. The maximum absolute atomic E-state index is 5.10. The second-order valence-electron chi connectivity index (χ2n) is 14.2. The molecule has 0 N–H and O–H groups in total. The maximum Gasteiger partial charge on any atom is 0.238 e. The molecule has 7 aromatic carbocycles. The van der Waals surface area contributed by atoms with Crippen molar-refractivity contribution in [1.29, 1.82) is 0 Å². The fraction of sp³-hybridized carbons (Fsp3) is 0.0192. The van der Waals surface area contributed by atoms with Crippen molar-refractivity contribution >= 4 is 38.8 Å². The normalized spacial score (nSPS) is 13.8. The van der Waals surface area contributed by atoms with Crippen LogP contribution in [0, 0.1) is 0 Å². The Morgan fingerprint density at radius 2 is 1.02 bits per heavy atom. The lowest BCUT2D eigenvalue weighted by atomic mass is 9.96. The first kappa shape index (κ1) is 33.9. The van der Waals surface area contributed by atoms with Crippen molar-refractivity contribution in [2.24, 2.45) is 0 Å². The second kappa shape index (κ2) is 14.5. The maximum atomic E-state index is 5.10. The Hall–Kier alpha value is -7.63. The van der Waals surface area contributed by atoms with E-state index in [0.717, 1.165) is 73.1 Å². The van der Waals surface area contributed by atoms with E-state index < -0.39 is 0 Å². The second-order valence-corrected chi connectivity index (χ2v) is 14.2. The van der Waals surface area contributed by atoms with E-state index in [0.29, 0.717) is 17.6 Å². The van der Waals surface area contributed by atoms with Crippen LogP contribution in [-0.4, -0.2) is 26.1 Å². The molecule has 5 nitrogen and oxygen atoms in total. The Bertz CT molecular complexity index is 2920. The SMILES string of the molecule is C=C1/C=C\C=C/CN(c2ccc(-c3ccccc3)cc2)c2ccc(-c3ccc4c(c3)c3ccccc3n4-c3nc(-c4ccccc4)nc(-c4ccccc4)n3)cc21. The van der Waals surface area contributed by atoms with Gasteiger partial charge in [-0.05, 0) is 70.3 Å². The Morgan fingerprint density at radius 1 is 0.456 bits per heavy atom. The summed E-state index contributed by atoms with van der Waals surface area (Å²) in [6.45, 7) is 5.26. The van der Waals surface area contributed by atoms with Crippen LogP contribution >= 0.6 is 0 Å². The average Bonchev–Trinajstić information content (AvgIpc) is 3.65. The third kappa shape index (κ3) is 6.41.